The molecule has 2 amide bonds. The van der Waals surface area contributed by atoms with Crippen LogP contribution < -0.4 is 9.62 Å². The number of nitrogens with zero attached hydrogens (tertiary/aromatic N) is 3. The van der Waals surface area contributed by atoms with Crippen LogP contribution in [0, 0.1) is 17.0 Å². The second-order valence-corrected chi connectivity index (χ2v) is 11.5. The summed E-state index contributed by atoms with van der Waals surface area (Å²) in [7, 11) is -4.06. The number of hydrogen-bond acceptors (Lipinski definition) is 6. The number of nitrogens with one attached hydrogen (secondary N) is 1. The van der Waals surface area contributed by atoms with Crippen LogP contribution >= 0.6 is 23.2 Å². The van der Waals surface area contributed by atoms with Crippen LogP contribution in [-0.2, 0) is 26.2 Å². The average Bonchev–Trinajstić information content (AvgIpc) is 2.78. The fourth-order valence-electron chi connectivity index (χ4n) is 3.73. The van der Waals surface area contributed by atoms with Gasteiger partial charge in [-0.15, -0.1) is 0 Å². The fourth-order valence-corrected chi connectivity index (χ4v) is 5.14. The Morgan fingerprint density at radius 1 is 1.14 bits per heavy atom. The van der Waals surface area contributed by atoms with Crippen molar-refractivity contribution in [3.63, 3.8) is 0 Å². The number of rotatable bonds is 11. The minimum atomic E-state index is -4.06. The number of carbonyl (C=O) groups is 2. The van der Waals surface area contributed by atoms with Gasteiger partial charge < -0.3 is 10.2 Å². The van der Waals surface area contributed by atoms with Gasteiger partial charge in [-0.2, -0.15) is 0 Å². The van der Waals surface area contributed by atoms with Gasteiger partial charge >= 0.3 is 0 Å². The number of nitro groups is 1. The van der Waals surface area contributed by atoms with Gasteiger partial charge in [0.1, 0.15) is 12.6 Å². The topological polar surface area (TPSA) is 130 Å². The summed E-state index contributed by atoms with van der Waals surface area (Å²) in [5, 5.41) is 14.7. The standard InChI is InChI=1S/C24H30Cl2N4O6S/c1-6-21(24(32)27-15(2)3)28(13-18-19(25)8-7-9-20(18)26)23(31)14-29(37(5,35)36)22-12-17(30(33)34)11-10-16(22)4/h7-12,15,21H,6,13-14H2,1-5H3,(H,27,32). The summed E-state index contributed by atoms with van der Waals surface area (Å²) >= 11 is 12.7. The molecule has 1 unspecified atom stereocenters. The average molecular weight is 573 g/mol. The van der Waals surface area contributed by atoms with Crippen molar-refractivity contribution in [1.29, 1.82) is 0 Å². The number of sulfonamides is 1. The highest BCUT2D eigenvalue weighted by molar-refractivity contribution is 7.92. The van der Waals surface area contributed by atoms with Crippen LogP contribution in [-0.4, -0.2) is 54.9 Å². The molecular weight excluding hydrogens is 543 g/mol. The lowest BCUT2D eigenvalue weighted by molar-refractivity contribution is -0.384. The molecule has 0 aromatic heterocycles. The molecule has 10 nitrogen and oxygen atoms in total. The van der Waals surface area contributed by atoms with E-state index in [1.54, 1.807) is 45.9 Å². The van der Waals surface area contributed by atoms with Gasteiger partial charge in [-0.3, -0.25) is 24.0 Å². The molecule has 0 aliphatic rings. The quantitative estimate of drug-likeness (QED) is 0.315. The number of nitro benzene ring substituents is 1. The van der Waals surface area contributed by atoms with E-state index in [0.29, 0.717) is 11.1 Å². The van der Waals surface area contributed by atoms with Crippen LogP contribution in [0.2, 0.25) is 10.0 Å². The van der Waals surface area contributed by atoms with Crippen LogP contribution in [0.15, 0.2) is 36.4 Å². The predicted molar refractivity (Wildman–Crippen MR) is 144 cm³/mol. The molecule has 0 radical (unpaired) electrons. The minimum absolute atomic E-state index is 0.0135. The molecule has 0 aliphatic heterocycles. The second kappa shape index (κ2) is 12.6. The van der Waals surface area contributed by atoms with Crippen molar-refractivity contribution in [3.8, 4) is 0 Å². The Labute approximate surface area is 226 Å². The lowest BCUT2D eigenvalue weighted by atomic mass is 10.1. The molecule has 1 atom stereocenters. The van der Waals surface area contributed by atoms with E-state index in [2.05, 4.69) is 5.32 Å². The Hall–Kier alpha value is -2.89. The lowest BCUT2D eigenvalue weighted by Crippen LogP contribution is -2.53. The molecule has 0 saturated carbocycles. The molecule has 13 heteroatoms. The maximum atomic E-state index is 13.7. The zero-order chi connectivity index (χ0) is 28.1. The van der Waals surface area contributed by atoms with Crippen molar-refractivity contribution in [1.82, 2.24) is 10.2 Å². The first kappa shape index (κ1) is 30.3. The number of non-ortho nitro benzene ring substituents is 1. The summed E-state index contributed by atoms with van der Waals surface area (Å²) in [6.45, 7) is 5.99. The summed E-state index contributed by atoms with van der Waals surface area (Å²) in [5.74, 6) is -1.13. The lowest BCUT2D eigenvalue weighted by Gasteiger charge is -2.33. The van der Waals surface area contributed by atoms with Gasteiger partial charge in [0, 0.05) is 40.3 Å². The third-order valence-corrected chi connectivity index (χ3v) is 7.39. The Morgan fingerprint density at radius 3 is 2.22 bits per heavy atom. The first-order chi connectivity index (χ1) is 17.2. The molecule has 2 aromatic carbocycles. The smallest absolute Gasteiger partial charge is 0.271 e. The molecule has 0 saturated heterocycles. The second-order valence-electron chi connectivity index (χ2n) is 8.81. The third kappa shape index (κ3) is 7.80. The first-order valence-corrected chi connectivity index (χ1v) is 14.0. The molecule has 0 aliphatic carbocycles. The number of aryl methyl sites for hydroxylation is 1. The Bertz CT molecular complexity index is 1270. The Balaban J connectivity index is 2.59. The van der Waals surface area contributed by atoms with Crippen molar-refractivity contribution < 1.29 is 22.9 Å². The maximum absolute atomic E-state index is 13.7. The molecule has 37 heavy (non-hydrogen) atoms. The fraction of sp³-hybridized carbons (Fsp3) is 0.417. The number of halogens is 2. The number of benzene rings is 2. The van der Waals surface area contributed by atoms with Gasteiger partial charge in [-0.05, 0) is 44.9 Å². The molecule has 2 rings (SSSR count). The SMILES string of the molecule is CCC(C(=O)NC(C)C)N(Cc1c(Cl)cccc1Cl)C(=O)CN(c1cc([N+](=O)[O-])ccc1C)S(C)(=O)=O. The minimum Gasteiger partial charge on any atom is -0.352 e. The molecular formula is C24H30Cl2N4O6S. The van der Waals surface area contributed by atoms with E-state index in [9.17, 15) is 28.1 Å². The Morgan fingerprint density at radius 2 is 1.73 bits per heavy atom. The summed E-state index contributed by atoms with van der Waals surface area (Å²) in [5.41, 5.74) is 0.464. The van der Waals surface area contributed by atoms with Crippen LogP contribution in [0.5, 0.6) is 0 Å². The van der Waals surface area contributed by atoms with Crippen LogP contribution in [0.1, 0.15) is 38.3 Å². The number of anilines is 1. The van der Waals surface area contributed by atoms with E-state index in [0.717, 1.165) is 16.6 Å². The van der Waals surface area contributed by atoms with E-state index >= 15 is 0 Å². The largest absolute Gasteiger partial charge is 0.352 e. The molecule has 1 N–H and O–H groups in total. The molecule has 0 fully saturated rings. The number of hydrogen-bond donors (Lipinski definition) is 1. The maximum Gasteiger partial charge on any atom is 0.271 e. The van der Waals surface area contributed by atoms with Gasteiger partial charge in [-0.1, -0.05) is 42.3 Å². The summed E-state index contributed by atoms with van der Waals surface area (Å²) in [6, 6.07) is 7.41. The van der Waals surface area contributed by atoms with Gasteiger partial charge in [0.05, 0.1) is 16.9 Å². The van der Waals surface area contributed by atoms with Gasteiger partial charge in [0.15, 0.2) is 0 Å². The van der Waals surface area contributed by atoms with E-state index in [1.165, 1.54) is 17.0 Å². The van der Waals surface area contributed by atoms with Crippen LogP contribution in [0.4, 0.5) is 11.4 Å². The number of carbonyl (C=O) groups excluding carboxylic acids is 2. The highest BCUT2D eigenvalue weighted by atomic mass is 35.5. The highest BCUT2D eigenvalue weighted by Gasteiger charge is 2.33. The molecule has 0 heterocycles. The highest BCUT2D eigenvalue weighted by Crippen LogP contribution is 2.30. The molecule has 202 valence electrons. The molecule has 0 spiro atoms. The van der Waals surface area contributed by atoms with Crippen LogP contribution in [0.25, 0.3) is 0 Å². The molecule has 0 bridgehead atoms. The van der Waals surface area contributed by atoms with E-state index in [1.807, 2.05) is 0 Å². The van der Waals surface area contributed by atoms with E-state index in [4.69, 9.17) is 23.2 Å². The predicted octanol–water partition coefficient (Wildman–Crippen LogP) is 4.31. The van der Waals surface area contributed by atoms with Crippen molar-refractivity contribution in [2.45, 2.75) is 52.7 Å². The van der Waals surface area contributed by atoms with E-state index < -0.39 is 39.3 Å². The summed E-state index contributed by atoms with van der Waals surface area (Å²) in [6.07, 6.45) is 1.12. The summed E-state index contributed by atoms with van der Waals surface area (Å²) in [4.78, 5) is 38.7. The summed E-state index contributed by atoms with van der Waals surface area (Å²) < 4.78 is 26.3. The third-order valence-electron chi connectivity index (χ3n) is 5.56. The first-order valence-electron chi connectivity index (χ1n) is 11.4. The van der Waals surface area contributed by atoms with Crippen molar-refractivity contribution in [2.75, 3.05) is 17.1 Å². The van der Waals surface area contributed by atoms with Gasteiger partial charge in [-0.25, -0.2) is 8.42 Å². The van der Waals surface area contributed by atoms with Gasteiger partial charge in [0.2, 0.25) is 21.8 Å². The Kier molecular flexibility index (Phi) is 10.3. The van der Waals surface area contributed by atoms with Crippen molar-refractivity contribution >= 4 is 56.4 Å². The van der Waals surface area contributed by atoms with Crippen LogP contribution in [0.3, 0.4) is 0 Å². The zero-order valence-corrected chi connectivity index (χ0v) is 23.5. The van der Waals surface area contributed by atoms with Crippen molar-refractivity contribution in [2.24, 2.45) is 0 Å². The zero-order valence-electron chi connectivity index (χ0n) is 21.2. The monoisotopic (exact) mass is 572 g/mol. The normalized spacial score (nSPS) is 12.2. The van der Waals surface area contributed by atoms with Crippen molar-refractivity contribution in [3.05, 3.63) is 67.7 Å². The number of amides is 2. The van der Waals surface area contributed by atoms with E-state index in [-0.39, 0.29) is 40.4 Å². The van der Waals surface area contributed by atoms with Gasteiger partial charge in [0.25, 0.3) is 5.69 Å². The molecule has 2 aromatic rings.